The molecule has 21 heavy (non-hydrogen) atoms. The van der Waals surface area contributed by atoms with Crippen LogP contribution in [0, 0.1) is 0 Å². The Morgan fingerprint density at radius 3 is 2.14 bits per heavy atom. The van der Waals surface area contributed by atoms with Crippen LogP contribution in [0.1, 0.15) is 13.8 Å². The van der Waals surface area contributed by atoms with Gasteiger partial charge in [-0.2, -0.15) is 15.0 Å². The van der Waals surface area contributed by atoms with Crippen molar-refractivity contribution in [3.8, 4) is 0 Å². The number of nitrogens with zero attached hydrogens (tertiary/aromatic N) is 5. The lowest BCUT2D eigenvalue weighted by Gasteiger charge is -2.35. The molecular formula is C13H22N6O2. The van der Waals surface area contributed by atoms with Gasteiger partial charge >= 0.3 is 0 Å². The summed E-state index contributed by atoms with van der Waals surface area (Å²) in [6.07, 6.45) is 0.303. The number of anilines is 3. The van der Waals surface area contributed by atoms with Crippen molar-refractivity contribution in [2.75, 3.05) is 54.9 Å². The van der Waals surface area contributed by atoms with E-state index < -0.39 is 0 Å². The molecule has 2 aliphatic heterocycles. The molecule has 2 N–H and O–H groups in total. The molecule has 8 heteroatoms. The average Bonchev–Trinajstić information content (AvgIpc) is 2.46. The van der Waals surface area contributed by atoms with Crippen LogP contribution in [0.25, 0.3) is 0 Å². The molecular weight excluding hydrogens is 272 g/mol. The van der Waals surface area contributed by atoms with E-state index in [1.807, 2.05) is 0 Å². The van der Waals surface area contributed by atoms with Gasteiger partial charge in [-0.3, -0.25) is 0 Å². The van der Waals surface area contributed by atoms with Crippen molar-refractivity contribution in [3.05, 3.63) is 0 Å². The topological polar surface area (TPSA) is 89.6 Å². The molecule has 0 bridgehead atoms. The van der Waals surface area contributed by atoms with E-state index in [0.29, 0.717) is 25.1 Å². The van der Waals surface area contributed by atoms with Gasteiger partial charge in [-0.05, 0) is 13.8 Å². The van der Waals surface area contributed by atoms with Gasteiger partial charge in [-0.15, -0.1) is 0 Å². The fraction of sp³-hybridized carbons (Fsp3) is 0.769. The zero-order valence-corrected chi connectivity index (χ0v) is 12.5. The Kier molecular flexibility index (Phi) is 4.07. The van der Waals surface area contributed by atoms with Gasteiger partial charge in [0.25, 0.3) is 0 Å². The molecule has 116 valence electrons. The summed E-state index contributed by atoms with van der Waals surface area (Å²) < 4.78 is 11.1. The lowest BCUT2D eigenvalue weighted by molar-refractivity contribution is -0.00572. The van der Waals surface area contributed by atoms with E-state index >= 15 is 0 Å². The van der Waals surface area contributed by atoms with Gasteiger partial charge in [0.05, 0.1) is 25.4 Å². The molecule has 2 atom stereocenters. The molecule has 1 aromatic heterocycles. The molecule has 0 radical (unpaired) electrons. The number of nitrogens with two attached hydrogens (primary N) is 1. The Labute approximate surface area is 124 Å². The van der Waals surface area contributed by atoms with E-state index in [9.17, 15) is 0 Å². The second kappa shape index (κ2) is 5.98. The van der Waals surface area contributed by atoms with Gasteiger partial charge in [-0.25, -0.2) is 0 Å². The first-order chi connectivity index (χ1) is 10.1. The minimum absolute atomic E-state index is 0.151. The largest absolute Gasteiger partial charge is 0.378 e. The minimum atomic E-state index is 0.151. The Morgan fingerprint density at radius 2 is 1.52 bits per heavy atom. The number of morpholine rings is 2. The summed E-state index contributed by atoms with van der Waals surface area (Å²) in [4.78, 5) is 17.3. The zero-order chi connectivity index (χ0) is 14.8. The quantitative estimate of drug-likeness (QED) is 0.809. The first kappa shape index (κ1) is 14.3. The molecule has 0 aromatic carbocycles. The van der Waals surface area contributed by atoms with Crippen molar-refractivity contribution in [1.82, 2.24) is 15.0 Å². The molecule has 0 saturated carbocycles. The number of nitrogen functional groups attached to an aromatic ring is 1. The summed E-state index contributed by atoms with van der Waals surface area (Å²) in [7, 11) is 0. The van der Waals surface area contributed by atoms with Crippen LogP contribution in [-0.4, -0.2) is 66.6 Å². The summed E-state index contributed by atoms with van der Waals surface area (Å²) in [5.41, 5.74) is 5.86. The highest BCUT2D eigenvalue weighted by molar-refractivity contribution is 5.44. The summed E-state index contributed by atoms with van der Waals surface area (Å²) in [5, 5.41) is 0. The average molecular weight is 294 g/mol. The Bertz CT molecular complexity index is 484. The van der Waals surface area contributed by atoms with Gasteiger partial charge in [0.2, 0.25) is 17.8 Å². The monoisotopic (exact) mass is 294 g/mol. The molecule has 2 saturated heterocycles. The van der Waals surface area contributed by atoms with Crippen LogP contribution in [0.2, 0.25) is 0 Å². The Morgan fingerprint density at radius 1 is 0.952 bits per heavy atom. The van der Waals surface area contributed by atoms with Crippen LogP contribution in [0.4, 0.5) is 17.8 Å². The van der Waals surface area contributed by atoms with Crippen LogP contribution in [0.15, 0.2) is 0 Å². The zero-order valence-electron chi connectivity index (χ0n) is 12.5. The summed E-state index contributed by atoms with van der Waals surface area (Å²) in [5.74, 6) is 1.52. The molecule has 1 aromatic rings. The summed E-state index contributed by atoms with van der Waals surface area (Å²) in [6, 6.07) is 0. The third-order valence-corrected chi connectivity index (χ3v) is 3.63. The van der Waals surface area contributed by atoms with Gasteiger partial charge in [0, 0.05) is 26.2 Å². The van der Waals surface area contributed by atoms with Crippen LogP contribution in [-0.2, 0) is 9.47 Å². The normalized spacial score (nSPS) is 27.0. The van der Waals surface area contributed by atoms with Crippen molar-refractivity contribution >= 4 is 17.8 Å². The maximum Gasteiger partial charge on any atom is 0.232 e. The molecule has 8 nitrogen and oxygen atoms in total. The number of rotatable bonds is 2. The standard InChI is InChI=1S/C13H22N6O2/c1-9-7-19(8-10(2)21-9)13-16-11(14)15-12(17-13)18-3-5-20-6-4-18/h9-10H,3-8H2,1-2H3,(H2,14,15,16,17). The fourth-order valence-electron chi connectivity index (χ4n) is 2.76. The van der Waals surface area contributed by atoms with Crippen molar-refractivity contribution < 1.29 is 9.47 Å². The van der Waals surface area contributed by atoms with Gasteiger partial charge in [0.1, 0.15) is 0 Å². The molecule has 3 heterocycles. The van der Waals surface area contributed by atoms with E-state index in [1.54, 1.807) is 0 Å². The third kappa shape index (κ3) is 3.33. The van der Waals surface area contributed by atoms with Crippen LogP contribution in [0.5, 0.6) is 0 Å². The Balaban J connectivity index is 1.83. The maximum absolute atomic E-state index is 5.86. The van der Waals surface area contributed by atoms with Crippen molar-refractivity contribution in [2.45, 2.75) is 26.1 Å². The number of aromatic nitrogens is 3. The SMILES string of the molecule is CC1CN(c2nc(N)nc(N3CCOCC3)n2)CC(C)O1. The van der Waals surface area contributed by atoms with Crippen LogP contribution >= 0.6 is 0 Å². The fourth-order valence-corrected chi connectivity index (χ4v) is 2.76. The minimum Gasteiger partial charge on any atom is -0.378 e. The molecule has 0 spiro atoms. The molecule has 2 fully saturated rings. The predicted octanol–water partition coefficient (Wildman–Crippen LogP) is -0.0960. The van der Waals surface area contributed by atoms with Crippen LogP contribution < -0.4 is 15.5 Å². The number of ether oxygens (including phenoxy) is 2. The van der Waals surface area contributed by atoms with Gasteiger partial charge in [-0.1, -0.05) is 0 Å². The third-order valence-electron chi connectivity index (χ3n) is 3.63. The van der Waals surface area contributed by atoms with Crippen molar-refractivity contribution in [1.29, 1.82) is 0 Å². The summed E-state index contributed by atoms with van der Waals surface area (Å²) in [6.45, 7) is 8.55. The lowest BCUT2D eigenvalue weighted by Crippen LogP contribution is -2.46. The second-order valence-corrected chi connectivity index (χ2v) is 5.56. The highest BCUT2D eigenvalue weighted by atomic mass is 16.5. The maximum atomic E-state index is 5.86. The van der Waals surface area contributed by atoms with Gasteiger partial charge in [0.15, 0.2) is 0 Å². The number of hydrogen-bond acceptors (Lipinski definition) is 8. The van der Waals surface area contributed by atoms with E-state index in [2.05, 4.69) is 38.6 Å². The molecule has 2 unspecified atom stereocenters. The van der Waals surface area contributed by atoms with E-state index in [0.717, 1.165) is 26.2 Å². The predicted molar refractivity (Wildman–Crippen MR) is 79.5 cm³/mol. The lowest BCUT2D eigenvalue weighted by atomic mass is 10.2. The van der Waals surface area contributed by atoms with Crippen molar-refractivity contribution in [2.24, 2.45) is 0 Å². The first-order valence-electron chi connectivity index (χ1n) is 7.36. The van der Waals surface area contributed by atoms with E-state index in [1.165, 1.54) is 0 Å². The Hall–Kier alpha value is -1.67. The summed E-state index contributed by atoms with van der Waals surface area (Å²) >= 11 is 0. The smallest absolute Gasteiger partial charge is 0.232 e. The van der Waals surface area contributed by atoms with Crippen molar-refractivity contribution in [3.63, 3.8) is 0 Å². The van der Waals surface area contributed by atoms with E-state index in [-0.39, 0.29) is 18.2 Å². The highest BCUT2D eigenvalue weighted by Crippen LogP contribution is 2.20. The van der Waals surface area contributed by atoms with Gasteiger partial charge < -0.3 is 25.0 Å². The molecule has 3 rings (SSSR count). The highest BCUT2D eigenvalue weighted by Gasteiger charge is 2.25. The first-order valence-corrected chi connectivity index (χ1v) is 7.36. The molecule has 2 aliphatic rings. The van der Waals surface area contributed by atoms with E-state index in [4.69, 9.17) is 15.2 Å². The molecule has 0 amide bonds. The second-order valence-electron chi connectivity index (χ2n) is 5.56. The molecule has 0 aliphatic carbocycles. The number of hydrogen-bond donors (Lipinski definition) is 1. The van der Waals surface area contributed by atoms with Crippen LogP contribution in [0.3, 0.4) is 0 Å².